The van der Waals surface area contributed by atoms with Crippen LogP contribution in [0.3, 0.4) is 0 Å². The van der Waals surface area contributed by atoms with Crippen LogP contribution in [0.15, 0.2) is 60.0 Å². The van der Waals surface area contributed by atoms with Gasteiger partial charge in [0.05, 0.1) is 21.2 Å². The number of benzene rings is 2. The van der Waals surface area contributed by atoms with Crippen molar-refractivity contribution in [2.75, 3.05) is 5.32 Å². The number of phenolic OH excluding ortho intramolecular Hbond substituents is 1. The van der Waals surface area contributed by atoms with Crippen molar-refractivity contribution < 1.29 is 24.6 Å². The number of nitrogens with zero attached hydrogens (tertiary/aromatic N) is 5. The summed E-state index contributed by atoms with van der Waals surface area (Å²) in [6.07, 6.45) is 0. The summed E-state index contributed by atoms with van der Waals surface area (Å²) in [7, 11) is 0. The molecule has 2 aromatic carbocycles. The molecule has 4 aromatic rings. The van der Waals surface area contributed by atoms with Gasteiger partial charge in [0.15, 0.2) is 0 Å². The molecule has 0 aliphatic carbocycles. The Morgan fingerprint density at radius 1 is 1.14 bits per heavy atom. The summed E-state index contributed by atoms with van der Waals surface area (Å²) >= 11 is 7.53. The van der Waals surface area contributed by atoms with Crippen LogP contribution in [0.1, 0.15) is 32.5 Å². The summed E-state index contributed by atoms with van der Waals surface area (Å²) in [5.74, 6) is -2.43. The van der Waals surface area contributed by atoms with Gasteiger partial charge in [0.1, 0.15) is 11.8 Å². The van der Waals surface area contributed by atoms with Crippen LogP contribution in [0.2, 0.25) is 5.02 Å². The zero-order valence-corrected chi connectivity index (χ0v) is 20.8. The van der Waals surface area contributed by atoms with Gasteiger partial charge >= 0.3 is 5.97 Å². The quantitative estimate of drug-likeness (QED) is 0.183. The second-order valence-electron chi connectivity index (χ2n) is 7.67. The molecule has 0 spiro atoms. The predicted octanol–water partition coefficient (Wildman–Crippen LogP) is 2.96. The van der Waals surface area contributed by atoms with Gasteiger partial charge in [-0.05, 0) is 53.1 Å². The molecule has 0 radical (unpaired) electrons. The number of amides is 2. The number of carbonyl (C=O) groups excluding carboxylic acids is 2. The molecule has 4 N–H and O–H groups in total. The van der Waals surface area contributed by atoms with Crippen molar-refractivity contribution in [2.45, 2.75) is 19.5 Å². The summed E-state index contributed by atoms with van der Waals surface area (Å²) in [5.41, 5.74) is 3.43. The molecule has 0 fully saturated rings. The first-order chi connectivity index (χ1) is 17.8. The highest BCUT2D eigenvalue weighted by molar-refractivity contribution is 7.12. The zero-order valence-electron chi connectivity index (χ0n) is 19.2. The van der Waals surface area contributed by atoms with Gasteiger partial charge in [-0.25, -0.2) is 10.4 Å². The number of hydrogen-bond donors (Lipinski definition) is 4. The van der Waals surface area contributed by atoms with Crippen LogP contribution in [0.25, 0.3) is 5.69 Å². The molecule has 2 heterocycles. The minimum Gasteiger partial charge on any atom is -0.508 e. The fourth-order valence-corrected chi connectivity index (χ4v) is 4.11. The first-order valence-electron chi connectivity index (χ1n) is 10.8. The fraction of sp³-hybridized carbons (Fsp3) is 0.130. The molecule has 1 atom stereocenters. The number of carboxylic acids is 1. The maximum absolute atomic E-state index is 13.3. The van der Waals surface area contributed by atoms with Crippen LogP contribution in [-0.4, -0.2) is 59.3 Å². The maximum atomic E-state index is 13.3. The van der Waals surface area contributed by atoms with Crippen molar-refractivity contribution in [3.63, 3.8) is 0 Å². The van der Waals surface area contributed by atoms with Crippen LogP contribution < -0.4 is 10.7 Å². The summed E-state index contributed by atoms with van der Waals surface area (Å²) in [6.45, 7) is 1.54. The molecule has 0 bridgehead atoms. The van der Waals surface area contributed by atoms with Crippen LogP contribution in [0, 0.1) is 0 Å². The lowest BCUT2D eigenvalue weighted by molar-refractivity contribution is -0.139. The van der Waals surface area contributed by atoms with E-state index >= 15 is 0 Å². The van der Waals surface area contributed by atoms with Gasteiger partial charge in [-0.15, -0.1) is 11.3 Å². The van der Waals surface area contributed by atoms with Gasteiger partial charge in [0.25, 0.3) is 11.8 Å². The third kappa shape index (κ3) is 5.74. The van der Waals surface area contributed by atoms with Crippen molar-refractivity contribution in [3.05, 3.63) is 81.0 Å². The number of aromatic hydroxyl groups is 1. The van der Waals surface area contributed by atoms with E-state index in [9.17, 15) is 24.6 Å². The van der Waals surface area contributed by atoms with Gasteiger partial charge < -0.3 is 15.5 Å². The van der Waals surface area contributed by atoms with Crippen LogP contribution in [0.4, 0.5) is 5.95 Å². The number of aliphatic carboxylic acids is 1. The molecule has 0 unspecified atom stereocenters. The molecule has 2 aromatic heterocycles. The van der Waals surface area contributed by atoms with E-state index in [0.717, 1.165) is 11.3 Å². The Bertz CT molecular complexity index is 1440. The number of halogens is 1. The molecule has 12 nitrogen and oxygen atoms in total. The molecule has 0 saturated heterocycles. The number of thiophene rings is 1. The van der Waals surface area contributed by atoms with Crippen LogP contribution >= 0.6 is 22.9 Å². The van der Waals surface area contributed by atoms with Crippen molar-refractivity contribution >= 4 is 46.7 Å². The summed E-state index contributed by atoms with van der Waals surface area (Å²) in [4.78, 5) is 37.9. The number of carbonyl (C=O) groups is 3. The van der Waals surface area contributed by atoms with Crippen LogP contribution in [-0.2, 0) is 11.3 Å². The highest BCUT2D eigenvalue weighted by Crippen LogP contribution is 2.24. The Balaban J connectivity index is 1.58. The van der Waals surface area contributed by atoms with E-state index in [1.807, 2.05) is 0 Å². The fourth-order valence-electron chi connectivity index (χ4n) is 3.20. The number of hydrazine groups is 1. The SMILES string of the molecule is C[C@H](NN(C(=O)c1cccs1)C(=O)c1ccc(-n2nnnc2NCc2ccccc2O)cc1Cl)C(=O)O. The lowest BCUT2D eigenvalue weighted by Gasteiger charge is -2.24. The number of aromatic nitrogens is 4. The van der Waals surface area contributed by atoms with Crippen LogP contribution in [0.5, 0.6) is 5.75 Å². The molecule has 14 heteroatoms. The van der Waals surface area contributed by atoms with E-state index in [4.69, 9.17) is 11.6 Å². The Morgan fingerprint density at radius 2 is 1.92 bits per heavy atom. The number of tetrazole rings is 1. The molecule has 190 valence electrons. The van der Waals surface area contributed by atoms with Crippen molar-refractivity contribution in [1.82, 2.24) is 30.6 Å². The summed E-state index contributed by atoms with van der Waals surface area (Å²) in [5, 5.41) is 36.1. The zero-order chi connectivity index (χ0) is 26.5. The largest absolute Gasteiger partial charge is 0.508 e. The molecule has 0 saturated carbocycles. The van der Waals surface area contributed by atoms with Crippen molar-refractivity contribution in [3.8, 4) is 11.4 Å². The minimum absolute atomic E-state index is 0.0154. The molecule has 0 aliphatic rings. The first kappa shape index (κ1) is 25.8. The van der Waals surface area contributed by atoms with E-state index in [1.165, 1.54) is 35.9 Å². The normalized spacial score (nSPS) is 11.6. The number of para-hydroxylation sites is 1. The van der Waals surface area contributed by atoms with Gasteiger partial charge in [-0.1, -0.05) is 41.0 Å². The average molecular weight is 542 g/mol. The molecule has 4 rings (SSSR count). The third-order valence-electron chi connectivity index (χ3n) is 5.16. The first-order valence-corrected chi connectivity index (χ1v) is 12.0. The Kier molecular flexibility index (Phi) is 7.77. The van der Waals surface area contributed by atoms with E-state index in [2.05, 4.69) is 26.3 Å². The monoisotopic (exact) mass is 541 g/mol. The van der Waals surface area contributed by atoms with E-state index in [0.29, 0.717) is 16.3 Å². The molecular weight excluding hydrogens is 522 g/mol. The lowest BCUT2D eigenvalue weighted by Crippen LogP contribution is -2.52. The highest BCUT2D eigenvalue weighted by atomic mass is 35.5. The molecule has 2 amide bonds. The summed E-state index contributed by atoms with van der Waals surface area (Å²) in [6, 6.07) is 13.1. The summed E-state index contributed by atoms with van der Waals surface area (Å²) < 4.78 is 1.35. The van der Waals surface area contributed by atoms with Gasteiger partial charge in [0.2, 0.25) is 5.95 Å². The van der Waals surface area contributed by atoms with Gasteiger partial charge in [0, 0.05) is 12.1 Å². The number of anilines is 1. The second-order valence-corrected chi connectivity index (χ2v) is 9.03. The molecule has 37 heavy (non-hydrogen) atoms. The third-order valence-corrected chi connectivity index (χ3v) is 6.33. The predicted molar refractivity (Wildman–Crippen MR) is 135 cm³/mol. The Labute approximate surface area is 219 Å². The van der Waals surface area contributed by atoms with E-state index in [-0.39, 0.29) is 33.7 Å². The highest BCUT2D eigenvalue weighted by Gasteiger charge is 2.30. The van der Waals surface area contributed by atoms with E-state index < -0.39 is 23.8 Å². The topological polar surface area (TPSA) is 163 Å². The number of nitrogens with one attached hydrogen (secondary N) is 2. The minimum atomic E-state index is -1.25. The van der Waals surface area contributed by atoms with E-state index in [1.54, 1.807) is 35.7 Å². The Morgan fingerprint density at radius 3 is 2.59 bits per heavy atom. The number of phenols is 1. The van der Waals surface area contributed by atoms with Gasteiger partial charge in [-0.3, -0.25) is 14.4 Å². The average Bonchev–Trinajstić information content (AvgIpc) is 3.58. The van der Waals surface area contributed by atoms with Crippen molar-refractivity contribution in [2.24, 2.45) is 0 Å². The number of rotatable bonds is 9. The van der Waals surface area contributed by atoms with Crippen molar-refractivity contribution in [1.29, 1.82) is 0 Å². The molecular formula is C23H20ClN7O5S. The maximum Gasteiger partial charge on any atom is 0.322 e. The number of carboxylic acid groups (broad SMARTS) is 1. The second kappa shape index (κ2) is 11.2. The lowest BCUT2D eigenvalue weighted by atomic mass is 10.1. The number of imide groups is 1. The Hall–Kier alpha value is -4.33. The number of hydrogen-bond acceptors (Lipinski definition) is 10. The standard InChI is InChI=1S/C23H20ClN7O5S/c1-13(22(35)36)27-31(21(34)19-7-4-10-37-19)20(33)16-9-8-15(11-17(16)24)30-23(26-28-29-30)25-12-14-5-2-3-6-18(14)32/h2-11,13,27,32H,12H2,1H3,(H,35,36)(H,25,26,29)/t13-/m0/s1. The smallest absolute Gasteiger partial charge is 0.322 e. The molecule has 0 aliphatic heterocycles. The van der Waals surface area contributed by atoms with Gasteiger partial charge in [-0.2, -0.15) is 4.68 Å².